The monoisotopic (exact) mass is 403 g/mol. The summed E-state index contributed by atoms with van der Waals surface area (Å²) in [4.78, 5) is 0. The summed E-state index contributed by atoms with van der Waals surface area (Å²) in [7, 11) is -2.32. The molecule has 0 aliphatic heterocycles. The second-order valence-electron chi connectivity index (χ2n) is 8.50. The van der Waals surface area contributed by atoms with Gasteiger partial charge in [0.25, 0.3) is 0 Å². The first-order valence-corrected chi connectivity index (χ1v) is 14.1. The molecule has 3 nitrogen and oxygen atoms in total. The minimum atomic E-state index is -2.32. The van der Waals surface area contributed by atoms with Crippen molar-refractivity contribution in [3.05, 3.63) is 0 Å². The van der Waals surface area contributed by atoms with E-state index in [-0.39, 0.29) is 0 Å². The second-order valence-corrected chi connectivity index (χ2v) is 11.5. The minimum Gasteiger partial charge on any atom is -0.392 e. The highest BCUT2D eigenvalue weighted by Crippen LogP contribution is 2.43. The molecule has 0 aliphatic carbocycles. The van der Waals surface area contributed by atoms with Gasteiger partial charge in [-0.3, -0.25) is 5.09 Å². The quantitative estimate of drug-likeness (QED) is 0.154. The van der Waals surface area contributed by atoms with Crippen molar-refractivity contribution in [3.63, 3.8) is 0 Å². The van der Waals surface area contributed by atoms with E-state index in [1.165, 1.54) is 89.9 Å². The van der Waals surface area contributed by atoms with Gasteiger partial charge >= 0.3 is 0 Å². The van der Waals surface area contributed by atoms with Gasteiger partial charge in [-0.1, -0.05) is 104 Å². The summed E-state index contributed by atoms with van der Waals surface area (Å²) in [5.74, 6) is 0. The van der Waals surface area contributed by atoms with Gasteiger partial charge in [0.2, 0.25) is 0 Å². The van der Waals surface area contributed by atoms with E-state index < -0.39 is 13.4 Å². The highest BCUT2D eigenvalue weighted by Gasteiger charge is 2.21. The van der Waals surface area contributed by atoms with Crippen LogP contribution in [-0.4, -0.2) is 30.1 Å². The molecule has 0 aromatic rings. The van der Waals surface area contributed by atoms with Crippen molar-refractivity contribution >= 4 is 7.29 Å². The standard InChI is InChI=1S/C23H50NO2P/c1-4-6-8-10-12-14-16-18-20-27(26,24-22-23(3)25)21-19-17-15-13-11-9-7-5-2/h23,25H,4-22H2,1-3H3,(H,24,26). The Morgan fingerprint density at radius 3 is 1.33 bits per heavy atom. The van der Waals surface area contributed by atoms with Crippen molar-refractivity contribution in [2.45, 2.75) is 130 Å². The normalized spacial score (nSPS) is 13.2. The van der Waals surface area contributed by atoms with Crippen molar-refractivity contribution in [3.8, 4) is 0 Å². The maximum Gasteiger partial charge on any atom is 0.147 e. The van der Waals surface area contributed by atoms with Crippen molar-refractivity contribution < 1.29 is 9.67 Å². The van der Waals surface area contributed by atoms with Crippen LogP contribution >= 0.6 is 7.29 Å². The lowest BCUT2D eigenvalue weighted by atomic mass is 10.1. The van der Waals surface area contributed by atoms with E-state index in [0.717, 1.165) is 25.2 Å². The Morgan fingerprint density at radius 1 is 0.667 bits per heavy atom. The lowest BCUT2D eigenvalue weighted by Crippen LogP contribution is -2.24. The lowest BCUT2D eigenvalue weighted by Gasteiger charge is -2.21. The predicted molar refractivity (Wildman–Crippen MR) is 122 cm³/mol. The molecule has 0 saturated carbocycles. The summed E-state index contributed by atoms with van der Waals surface area (Å²) in [5.41, 5.74) is 0. The third kappa shape index (κ3) is 19.2. The molecule has 4 heteroatoms. The van der Waals surface area contributed by atoms with Crippen LogP contribution in [0.4, 0.5) is 0 Å². The van der Waals surface area contributed by atoms with Crippen LogP contribution in [0.2, 0.25) is 0 Å². The van der Waals surface area contributed by atoms with Crippen LogP contribution in [-0.2, 0) is 4.57 Å². The van der Waals surface area contributed by atoms with Crippen LogP contribution in [0.5, 0.6) is 0 Å². The van der Waals surface area contributed by atoms with E-state index in [0.29, 0.717) is 6.54 Å². The van der Waals surface area contributed by atoms with Crippen LogP contribution in [0.25, 0.3) is 0 Å². The van der Waals surface area contributed by atoms with Crippen molar-refractivity contribution in [2.75, 3.05) is 18.9 Å². The van der Waals surface area contributed by atoms with E-state index >= 15 is 0 Å². The highest BCUT2D eigenvalue weighted by atomic mass is 31.2. The molecular weight excluding hydrogens is 353 g/mol. The maximum atomic E-state index is 13.2. The fourth-order valence-corrected chi connectivity index (χ4v) is 6.18. The average Bonchev–Trinajstić information content (AvgIpc) is 2.64. The zero-order valence-electron chi connectivity index (χ0n) is 18.8. The zero-order chi connectivity index (χ0) is 20.2. The molecule has 0 bridgehead atoms. The number of hydrogen-bond donors (Lipinski definition) is 2. The number of hydrogen-bond acceptors (Lipinski definition) is 2. The minimum absolute atomic E-state index is 0.421. The fourth-order valence-electron chi connectivity index (χ4n) is 3.57. The third-order valence-corrected chi connectivity index (χ3v) is 8.26. The summed E-state index contributed by atoms with van der Waals surface area (Å²) in [6, 6.07) is 0. The van der Waals surface area contributed by atoms with Gasteiger partial charge in [0, 0.05) is 18.9 Å². The SMILES string of the molecule is CCCCCCCCCCP(=O)(CCCCCCCCCC)NCC(C)O. The Labute approximate surface area is 170 Å². The molecule has 0 heterocycles. The molecule has 1 atom stereocenters. The van der Waals surface area contributed by atoms with Crippen molar-refractivity contribution in [2.24, 2.45) is 0 Å². The van der Waals surface area contributed by atoms with Crippen molar-refractivity contribution in [1.82, 2.24) is 5.09 Å². The summed E-state index contributed by atoms with van der Waals surface area (Å²) in [5, 5.41) is 12.8. The van der Waals surface area contributed by atoms with E-state index in [2.05, 4.69) is 18.9 Å². The van der Waals surface area contributed by atoms with E-state index in [1.54, 1.807) is 6.92 Å². The number of rotatable bonds is 21. The number of nitrogens with one attached hydrogen (secondary N) is 1. The molecule has 0 saturated heterocycles. The Morgan fingerprint density at radius 2 is 1.00 bits per heavy atom. The van der Waals surface area contributed by atoms with E-state index in [4.69, 9.17) is 0 Å². The molecule has 0 fully saturated rings. The van der Waals surface area contributed by atoms with Crippen LogP contribution in [0.15, 0.2) is 0 Å². The fraction of sp³-hybridized carbons (Fsp3) is 1.00. The number of aliphatic hydroxyl groups excluding tert-OH is 1. The van der Waals surface area contributed by atoms with Gasteiger partial charge in [-0.05, 0) is 19.8 Å². The van der Waals surface area contributed by atoms with Crippen LogP contribution in [0, 0.1) is 0 Å². The molecule has 27 heavy (non-hydrogen) atoms. The smallest absolute Gasteiger partial charge is 0.147 e. The Bertz CT molecular complexity index is 323. The summed E-state index contributed by atoms with van der Waals surface area (Å²) < 4.78 is 13.2. The van der Waals surface area contributed by atoms with Gasteiger partial charge < -0.3 is 9.67 Å². The molecule has 0 aromatic heterocycles. The Kier molecular flexibility index (Phi) is 19.6. The molecule has 1 unspecified atom stereocenters. The summed E-state index contributed by atoms with van der Waals surface area (Å²) >= 11 is 0. The molecule has 0 aromatic carbocycles. The molecule has 0 rings (SSSR count). The number of aliphatic hydroxyl groups is 1. The van der Waals surface area contributed by atoms with Gasteiger partial charge in [-0.2, -0.15) is 0 Å². The third-order valence-electron chi connectivity index (χ3n) is 5.42. The molecule has 0 radical (unpaired) electrons. The zero-order valence-corrected chi connectivity index (χ0v) is 19.7. The molecule has 164 valence electrons. The van der Waals surface area contributed by atoms with E-state index in [9.17, 15) is 9.67 Å². The molecule has 0 aliphatic rings. The lowest BCUT2D eigenvalue weighted by molar-refractivity contribution is 0.198. The molecule has 0 amide bonds. The van der Waals surface area contributed by atoms with Crippen LogP contribution in [0.3, 0.4) is 0 Å². The van der Waals surface area contributed by atoms with Gasteiger partial charge in [0.05, 0.1) is 6.10 Å². The largest absolute Gasteiger partial charge is 0.392 e. The first-order valence-electron chi connectivity index (χ1n) is 12.1. The first kappa shape index (κ1) is 27.1. The molecule has 0 spiro atoms. The van der Waals surface area contributed by atoms with Crippen LogP contribution in [0.1, 0.15) is 124 Å². The average molecular weight is 404 g/mol. The predicted octanol–water partition coefficient (Wildman–Crippen LogP) is 7.52. The second kappa shape index (κ2) is 19.5. The topological polar surface area (TPSA) is 49.3 Å². The number of unbranched alkanes of at least 4 members (excludes halogenated alkanes) is 14. The maximum absolute atomic E-state index is 13.2. The molecule has 2 N–H and O–H groups in total. The van der Waals surface area contributed by atoms with Gasteiger partial charge in [-0.15, -0.1) is 0 Å². The van der Waals surface area contributed by atoms with Gasteiger partial charge in [-0.25, -0.2) is 0 Å². The molecular formula is C23H50NO2P. The van der Waals surface area contributed by atoms with Crippen molar-refractivity contribution in [1.29, 1.82) is 0 Å². The summed E-state index contributed by atoms with van der Waals surface area (Å²) in [6.45, 7) is 6.74. The van der Waals surface area contributed by atoms with E-state index in [1.807, 2.05) is 0 Å². The highest BCUT2D eigenvalue weighted by molar-refractivity contribution is 7.61. The van der Waals surface area contributed by atoms with Gasteiger partial charge in [0.1, 0.15) is 7.29 Å². The Balaban J connectivity index is 3.93. The first-order chi connectivity index (χ1) is 13.0. The summed E-state index contributed by atoms with van der Waals surface area (Å²) in [6.07, 6.45) is 21.7. The van der Waals surface area contributed by atoms with Crippen LogP contribution < -0.4 is 5.09 Å². The van der Waals surface area contributed by atoms with Gasteiger partial charge in [0.15, 0.2) is 0 Å². The Hall–Kier alpha value is 0.150.